The van der Waals surface area contributed by atoms with Gasteiger partial charge in [-0.05, 0) is 37.8 Å². The second-order valence-electron chi connectivity index (χ2n) is 6.21. The average molecular weight is 344 g/mol. The predicted octanol–water partition coefficient (Wildman–Crippen LogP) is 0.755. The van der Waals surface area contributed by atoms with Crippen molar-refractivity contribution in [1.29, 1.82) is 0 Å². The molecule has 2 heterocycles. The average Bonchev–Trinajstić information content (AvgIpc) is 3.12. The van der Waals surface area contributed by atoms with Crippen LogP contribution in [0.3, 0.4) is 0 Å². The molecular formula is C18H24N4O3. The van der Waals surface area contributed by atoms with E-state index in [0.717, 1.165) is 30.5 Å². The fourth-order valence-electron chi connectivity index (χ4n) is 3.29. The third kappa shape index (κ3) is 4.36. The van der Waals surface area contributed by atoms with Gasteiger partial charge in [-0.3, -0.25) is 14.3 Å². The van der Waals surface area contributed by atoms with Crippen LogP contribution in [0.25, 0.3) is 0 Å². The maximum atomic E-state index is 12.3. The summed E-state index contributed by atoms with van der Waals surface area (Å²) in [6.07, 6.45) is 5.98. The molecule has 134 valence electrons. The van der Waals surface area contributed by atoms with E-state index in [1.165, 1.54) is 0 Å². The van der Waals surface area contributed by atoms with Crippen LogP contribution in [0.15, 0.2) is 35.4 Å². The summed E-state index contributed by atoms with van der Waals surface area (Å²) in [6, 6.07) is 5.48. The van der Waals surface area contributed by atoms with E-state index in [2.05, 4.69) is 10.4 Å². The van der Waals surface area contributed by atoms with Gasteiger partial charge in [0.05, 0.1) is 6.54 Å². The Morgan fingerprint density at radius 2 is 2.28 bits per heavy atom. The minimum absolute atomic E-state index is 0.0183. The number of pyridine rings is 1. The van der Waals surface area contributed by atoms with Crippen molar-refractivity contribution in [2.45, 2.75) is 45.3 Å². The van der Waals surface area contributed by atoms with E-state index in [0.29, 0.717) is 19.7 Å². The Morgan fingerprint density at radius 1 is 1.40 bits per heavy atom. The summed E-state index contributed by atoms with van der Waals surface area (Å²) in [5.74, 6) is -0.0812. The van der Waals surface area contributed by atoms with Gasteiger partial charge in [0.25, 0.3) is 5.56 Å². The van der Waals surface area contributed by atoms with Gasteiger partial charge in [0.1, 0.15) is 6.61 Å². The number of carbonyl (C=O) groups is 1. The van der Waals surface area contributed by atoms with Crippen LogP contribution < -0.4 is 10.9 Å². The lowest BCUT2D eigenvalue weighted by Gasteiger charge is -2.27. The minimum Gasteiger partial charge on any atom is -0.372 e. The van der Waals surface area contributed by atoms with Gasteiger partial charge in [-0.25, -0.2) is 0 Å². The Bertz CT molecular complexity index is 767. The Balaban J connectivity index is 1.68. The van der Waals surface area contributed by atoms with E-state index in [1.807, 2.05) is 34.5 Å². The summed E-state index contributed by atoms with van der Waals surface area (Å²) in [4.78, 5) is 24.1. The highest BCUT2D eigenvalue weighted by Gasteiger charge is 2.22. The molecule has 0 unspecified atom stereocenters. The van der Waals surface area contributed by atoms with Gasteiger partial charge in [-0.1, -0.05) is 6.07 Å². The lowest BCUT2D eigenvalue weighted by Crippen LogP contribution is -2.42. The molecule has 3 rings (SSSR count). The molecule has 0 saturated carbocycles. The topological polar surface area (TPSA) is 78.1 Å². The molecule has 0 saturated heterocycles. The van der Waals surface area contributed by atoms with Crippen LogP contribution in [0.1, 0.15) is 24.6 Å². The number of ether oxygens (including phenoxy) is 1. The second kappa shape index (κ2) is 8.11. The molecule has 0 spiro atoms. The molecule has 0 aromatic carbocycles. The number of fused-ring (bicyclic) bond motifs is 1. The lowest BCUT2D eigenvalue weighted by atomic mass is 9.91. The third-order valence-corrected chi connectivity index (χ3v) is 4.50. The smallest absolute Gasteiger partial charge is 0.250 e. The van der Waals surface area contributed by atoms with Crippen molar-refractivity contribution in [2.24, 2.45) is 0 Å². The molecule has 2 aromatic heterocycles. The van der Waals surface area contributed by atoms with Crippen molar-refractivity contribution in [3.05, 3.63) is 52.2 Å². The Kier molecular flexibility index (Phi) is 5.65. The predicted molar refractivity (Wildman–Crippen MR) is 93.4 cm³/mol. The fourth-order valence-corrected chi connectivity index (χ4v) is 3.29. The lowest BCUT2D eigenvalue weighted by molar-refractivity contribution is -0.126. The van der Waals surface area contributed by atoms with E-state index < -0.39 is 0 Å². The van der Waals surface area contributed by atoms with Crippen LogP contribution in [0, 0.1) is 0 Å². The summed E-state index contributed by atoms with van der Waals surface area (Å²) < 4.78 is 8.81. The number of hydrogen-bond acceptors (Lipinski definition) is 4. The minimum atomic E-state index is -0.0812. The molecule has 1 N–H and O–H groups in total. The molecule has 0 aliphatic heterocycles. The van der Waals surface area contributed by atoms with Gasteiger partial charge in [0.2, 0.25) is 5.91 Å². The van der Waals surface area contributed by atoms with Crippen molar-refractivity contribution >= 4 is 5.91 Å². The second-order valence-corrected chi connectivity index (χ2v) is 6.21. The zero-order chi connectivity index (χ0) is 17.6. The van der Waals surface area contributed by atoms with Gasteiger partial charge in [-0.2, -0.15) is 5.10 Å². The van der Waals surface area contributed by atoms with Gasteiger partial charge in [0, 0.05) is 43.3 Å². The van der Waals surface area contributed by atoms with E-state index in [-0.39, 0.29) is 24.1 Å². The highest BCUT2D eigenvalue weighted by atomic mass is 16.5. The number of hydrogen-bond donors (Lipinski definition) is 1. The van der Waals surface area contributed by atoms with Crippen molar-refractivity contribution in [2.75, 3.05) is 13.2 Å². The third-order valence-electron chi connectivity index (χ3n) is 4.50. The molecular weight excluding hydrogens is 320 g/mol. The normalized spacial score (nSPS) is 16.4. The molecule has 1 aliphatic carbocycles. The summed E-state index contributed by atoms with van der Waals surface area (Å²) in [5, 5.41) is 7.20. The van der Waals surface area contributed by atoms with Crippen LogP contribution in [-0.2, 0) is 35.5 Å². The molecule has 1 aliphatic rings. The molecule has 2 aromatic rings. The number of carbonyl (C=O) groups excluding carboxylic acids is 1. The summed E-state index contributed by atoms with van der Waals surface area (Å²) in [6.45, 7) is 3.77. The van der Waals surface area contributed by atoms with Gasteiger partial charge in [-0.15, -0.1) is 0 Å². The summed E-state index contributed by atoms with van der Waals surface area (Å²) in [5.41, 5.74) is 2.23. The Labute approximate surface area is 146 Å². The van der Waals surface area contributed by atoms with Gasteiger partial charge >= 0.3 is 0 Å². The molecule has 7 nitrogen and oxygen atoms in total. The van der Waals surface area contributed by atoms with Crippen molar-refractivity contribution in [1.82, 2.24) is 19.7 Å². The van der Waals surface area contributed by atoms with E-state index in [1.54, 1.807) is 12.3 Å². The zero-order valence-electron chi connectivity index (χ0n) is 14.5. The van der Waals surface area contributed by atoms with Crippen molar-refractivity contribution in [3.63, 3.8) is 0 Å². The molecule has 25 heavy (non-hydrogen) atoms. The van der Waals surface area contributed by atoms with Gasteiger partial charge < -0.3 is 14.6 Å². The first-order valence-electron chi connectivity index (χ1n) is 8.73. The molecule has 0 bridgehead atoms. The van der Waals surface area contributed by atoms with Crippen molar-refractivity contribution < 1.29 is 9.53 Å². The summed E-state index contributed by atoms with van der Waals surface area (Å²) >= 11 is 0. The fraction of sp³-hybridized carbons (Fsp3) is 0.500. The van der Waals surface area contributed by atoms with Crippen LogP contribution >= 0.6 is 0 Å². The summed E-state index contributed by atoms with van der Waals surface area (Å²) in [7, 11) is 0. The molecule has 1 atom stereocenters. The highest BCUT2D eigenvalue weighted by Crippen LogP contribution is 2.20. The SMILES string of the molecule is CCOCC(=O)N[C@@H]1CCc2c(ccc(=O)n2CCn2cccn2)C1. The maximum Gasteiger partial charge on any atom is 0.250 e. The first kappa shape index (κ1) is 17.4. The van der Waals surface area contributed by atoms with Crippen LogP contribution in [0.5, 0.6) is 0 Å². The first-order chi connectivity index (χ1) is 12.2. The maximum absolute atomic E-state index is 12.3. The number of aryl methyl sites for hydroxylation is 1. The Hall–Kier alpha value is -2.41. The molecule has 0 fully saturated rings. The number of aromatic nitrogens is 3. The number of nitrogens with zero attached hydrogens (tertiary/aromatic N) is 3. The molecule has 7 heteroatoms. The number of rotatable bonds is 7. The Morgan fingerprint density at radius 3 is 3.04 bits per heavy atom. The largest absolute Gasteiger partial charge is 0.372 e. The quantitative estimate of drug-likeness (QED) is 0.804. The van der Waals surface area contributed by atoms with E-state index >= 15 is 0 Å². The standard InChI is InChI=1S/C18H24N4O3/c1-2-25-13-17(23)20-15-5-6-16-14(12-15)4-7-18(24)22(16)11-10-21-9-3-8-19-21/h3-4,7-9,15H,2,5-6,10-13H2,1H3,(H,20,23)/t15-/m1/s1. The van der Waals surface area contributed by atoms with E-state index in [9.17, 15) is 9.59 Å². The van der Waals surface area contributed by atoms with Crippen LogP contribution in [-0.4, -0.2) is 39.5 Å². The van der Waals surface area contributed by atoms with Gasteiger partial charge in [0.15, 0.2) is 0 Å². The zero-order valence-corrected chi connectivity index (χ0v) is 14.5. The monoisotopic (exact) mass is 344 g/mol. The van der Waals surface area contributed by atoms with E-state index in [4.69, 9.17) is 4.74 Å². The number of nitrogens with one attached hydrogen (secondary N) is 1. The van der Waals surface area contributed by atoms with Crippen LogP contribution in [0.4, 0.5) is 0 Å². The highest BCUT2D eigenvalue weighted by molar-refractivity contribution is 5.77. The van der Waals surface area contributed by atoms with Crippen LogP contribution in [0.2, 0.25) is 0 Å². The molecule has 1 amide bonds. The first-order valence-corrected chi connectivity index (χ1v) is 8.73. The number of amides is 1. The molecule has 0 radical (unpaired) electrons. The van der Waals surface area contributed by atoms with Crippen molar-refractivity contribution in [3.8, 4) is 0 Å².